The smallest absolute Gasteiger partial charge is 0.323 e. The van der Waals surface area contributed by atoms with Crippen molar-refractivity contribution in [2.45, 2.75) is 0 Å². The molecule has 0 aliphatic heterocycles. The Morgan fingerprint density at radius 3 is 2.37 bits per heavy atom. The third-order valence-electron chi connectivity index (χ3n) is 2.36. The van der Waals surface area contributed by atoms with E-state index < -0.39 is 15.9 Å². The SMILES string of the molecule is O=C(Cl)c1cccc(Oc2ccccc2)c1[N+](=O)[O-]. The molecule has 0 saturated heterocycles. The molecule has 0 radical (unpaired) electrons. The second-order valence-electron chi connectivity index (χ2n) is 3.60. The Morgan fingerprint density at radius 1 is 1.11 bits per heavy atom. The molecule has 19 heavy (non-hydrogen) atoms. The molecular formula is C13H8ClNO4. The molecule has 0 N–H and O–H groups in total. The standard InChI is InChI=1S/C13H8ClNO4/c14-13(16)10-7-4-8-11(12(10)15(17)18)19-9-5-2-1-3-6-9/h1-8H. The molecule has 0 aliphatic rings. The molecule has 2 aromatic rings. The molecule has 0 bridgehead atoms. The summed E-state index contributed by atoms with van der Waals surface area (Å²) in [5.41, 5.74) is -0.633. The van der Waals surface area contributed by atoms with E-state index in [4.69, 9.17) is 16.3 Å². The van der Waals surface area contributed by atoms with Gasteiger partial charge in [0.2, 0.25) is 5.75 Å². The van der Waals surface area contributed by atoms with Crippen molar-refractivity contribution in [3.63, 3.8) is 0 Å². The lowest BCUT2D eigenvalue weighted by molar-refractivity contribution is -0.385. The second kappa shape index (κ2) is 5.49. The average molecular weight is 278 g/mol. The maximum atomic E-state index is 11.2. The highest BCUT2D eigenvalue weighted by Crippen LogP contribution is 2.34. The second-order valence-corrected chi connectivity index (χ2v) is 3.94. The summed E-state index contributed by atoms with van der Waals surface area (Å²) < 4.78 is 5.41. The van der Waals surface area contributed by atoms with Crippen LogP contribution in [0.5, 0.6) is 11.5 Å². The van der Waals surface area contributed by atoms with Gasteiger partial charge < -0.3 is 4.74 Å². The van der Waals surface area contributed by atoms with Gasteiger partial charge in [-0.15, -0.1) is 0 Å². The van der Waals surface area contributed by atoms with Gasteiger partial charge in [-0.3, -0.25) is 14.9 Å². The van der Waals surface area contributed by atoms with Gasteiger partial charge in [-0.2, -0.15) is 0 Å². The molecule has 0 heterocycles. The van der Waals surface area contributed by atoms with Gasteiger partial charge in [-0.1, -0.05) is 24.3 Å². The first-order valence-corrected chi connectivity index (χ1v) is 5.67. The van der Waals surface area contributed by atoms with Crippen molar-refractivity contribution >= 4 is 22.5 Å². The topological polar surface area (TPSA) is 69.4 Å². The van der Waals surface area contributed by atoms with Gasteiger partial charge in [0.25, 0.3) is 5.24 Å². The molecule has 96 valence electrons. The zero-order valence-electron chi connectivity index (χ0n) is 9.58. The molecule has 0 unspecified atom stereocenters. The molecule has 5 nitrogen and oxygen atoms in total. The van der Waals surface area contributed by atoms with E-state index >= 15 is 0 Å². The number of carbonyl (C=O) groups is 1. The summed E-state index contributed by atoms with van der Waals surface area (Å²) in [4.78, 5) is 21.5. The van der Waals surface area contributed by atoms with E-state index in [1.54, 1.807) is 30.3 Å². The Balaban J connectivity index is 2.48. The third kappa shape index (κ3) is 2.89. The van der Waals surface area contributed by atoms with E-state index in [-0.39, 0.29) is 11.3 Å². The number of rotatable bonds is 4. The van der Waals surface area contributed by atoms with Gasteiger partial charge in [-0.05, 0) is 35.9 Å². The van der Waals surface area contributed by atoms with Gasteiger partial charge >= 0.3 is 5.69 Å². The monoisotopic (exact) mass is 277 g/mol. The minimum absolute atomic E-state index is 0.0253. The first kappa shape index (κ1) is 13.0. The van der Waals surface area contributed by atoms with Crippen LogP contribution in [0.2, 0.25) is 0 Å². The van der Waals surface area contributed by atoms with Gasteiger partial charge in [0, 0.05) is 0 Å². The van der Waals surface area contributed by atoms with Crippen molar-refractivity contribution in [2.24, 2.45) is 0 Å². The van der Waals surface area contributed by atoms with Crippen molar-refractivity contribution in [1.82, 2.24) is 0 Å². The van der Waals surface area contributed by atoms with Crippen LogP contribution in [0.15, 0.2) is 48.5 Å². The highest BCUT2D eigenvalue weighted by atomic mass is 35.5. The van der Waals surface area contributed by atoms with Gasteiger partial charge in [0.05, 0.1) is 4.92 Å². The Kier molecular flexibility index (Phi) is 3.77. The summed E-state index contributed by atoms with van der Waals surface area (Å²) in [6, 6.07) is 12.7. The van der Waals surface area contributed by atoms with Crippen molar-refractivity contribution in [3.05, 3.63) is 64.2 Å². The molecule has 0 fully saturated rings. The Hall–Kier alpha value is -2.40. The molecule has 0 spiro atoms. The minimum atomic E-state index is -0.898. The molecular weight excluding hydrogens is 270 g/mol. The number of hydrogen-bond donors (Lipinski definition) is 0. The maximum Gasteiger partial charge on any atom is 0.323 e. The van der Waals surface area contributed by atoms with Crippen LogP contribution in [-0.2, 0) is 0 Å². The zero-order chi connectivity index (χ0) is 13.8. The number of halogens is 1. The summed E-state index contributed by atoms with van der Waals surface area (Å²) in [6.45, 7) is 0. The number of para-hydroxylation sites is 2. The van der Waals surface area contributed by atoms with Crippen LogP contribution >= 0.6 is 11.6 Å². The lowest BCUT2D eigenvalue weighted by Gasteiger charge is -2.07. The van der Waals surface area contributed by atoms with Crippen LogP contribution in [0, 0.1) is 10.1 Å². The first-order valence-electron chi connectivity index (χ1n) is 5.29. The van der Waals surface area contributed by atoms with Crippen molar-refractivity contribution < 1.29 is 14.5 Å². The predicted molar refractivity (Wildman–Crippen MR) is 69.8 cm³/mol. The zero-order valence-corrected chi connectivity index (χ0v) is 10.3. The highest BCUT2D eigenvalue weighted by Gasteiger charge is 2.24. The Morgan fingerprint density at radius 2 is 1.79 bits per heavy atom. The van der Waals surface area contributed by atoms with Crippen LogP contribution in [0.25, 0.3) is 0 Å². The third-order valence-corrected chi connectivity index (χ3v) is 2.57. The lowest BCUT2D eigenvalue weighted by atomic mass is 10.2. The fourth-order valence-corrected chi connectivity index (χ4v) is 1.72. The molecule has 0 saturated carbocycles. The van der Waals surface area contributed by atoms with Gasteiger partial charge in [0.1, 0.15) is 11.3 Å². The Bertz CT molecular complexity index is 628. The van der Waals surface area contributed by atoms with E-state index in [9.17, 15) is 14.9 Å². The lowest BCUT2D eigenvalue weighted by Crippen LogP contribution is -2.00. The number of nitro benzene ring substituents is 1. The fraction of sp³-hybridized carbons (Fsp3) is 0. The van der Waals surface area contributed by atoms with E-state index in [0.717, 1.165) is 0 Å². The number of nitro groups is 1. The van der Waals surface area contributed by atoms with Crippen LogP contribution in [0.4, 0.5) is 5.69 Å². The van der Waals surface area contributed by atoms with E-state index in [1.807, 2.05) is 0 Å². The van der Waals surface area contributed by atoms with Crippen molar-refractivity contribution in [3.8, 4) is 11.5 Å². The van der Waals surface area contributed by atoms with Crippen LogP contribution in [0.3, 0.4) is 0 Å². The summed E-state index contributed by atoms with van der Waals surface area (Å²) in [6.07, 6.45) is 0. The van der Waals surface area contributed by atoms with E-state index in [2.05, 4.69) is 0 Å². The normalized spacial score (nSPS) is 9.95. The Labute approximate surface area is 113 Å². The van der Waals surface area contributed by atoms with Crippen molar-refractivity contribution in [1.29, 1.82) is 0 Å². The molecule has 0 atom stereocenters. The van der Waals surface area contributed by atoms with Crippen LogP contribution in [-0.4, -0.2) is 10.2 Å². The van der Waals surface area contributed by atoms with Crippen molar-refractivity contribution in [2.75, 3.05) is 0 Å². The minimum Gasteiger partial charge on any atom is -0.450 e. The first-order chi connectivity index (χ1) is 9.09. The average Bonchev–Trinajstić information content (AvgIpc) is 2.39. The largest absolute Gasteiger partial charge is 0.450 e. The predicted octanol–water partition coefficient (Wildman–Crippen LogP) is 3.77. The fourth-order valence-electron chi connectivity index (χ4n) is 1.57. The molecule has 0 amide bonds. The van der Waals surface area contributed by atoms with Gasteiger partial charge in [0.15, 0.2) is 0 Å². The number of carbonyl (C=O) groups excluding carboxylic acids is 1. The molecule has 0 aromatic heterocycles. The summed E-state index contributed by atoms with van der Waals surface area (Å²) in [5, 5.41) is 10.2. The summed E-state index contributed by atoms with van der Waals surface area (Å²) in [7, 11) is 0. The van der Waals surface area contributed by atoms with Gasteiger partial charge in [-0.25, -0.2) is 0 Å². The molecule has 2 aromatic carbocycles. The van der Waals surface area contributed by atoms with E-state index in [0.29, 0.717) is 5.75 Å². The molecule has 0 aliphatic carbocycles. The number of ether oxygens (including phenoxy) is 1. The quantitative estimate of drug-likeness (QED) is 0.484. The summed E-state index contributed by atoms with van der Waals surface area (Å²) >= 11 is 5.33. The maximum absolute atomic E-state index is 11.2. The molecule has 2 rings (SSSR count). The highest BCUT2D eigenvalue weighted by molar-refractivity contribution is 6.68. The van der Waals surface area contributed by atoms with Crippen LogP contribution in [0.1, 0.15) is 10.4 Å². The van der Waals surface area contributed by atoms with E-state index in [1.165, 1.54) is 18.2 Å². The van der Waals surface area contributed by atoms with Crippen LogP contribution < -0.4 is 4.74 Å². The number of nitrogens with zero attached hydrogens (tertiary/aromatic N) is 1. The summed E-state index contributed by atoms with van der Waals surface area (Å²) in [5.74, 6) is 0.410. The number of benzene rings is 2. The number of hydrogen-bond acceptors (Lipinski definition) is 4. The molecule has 6 heteroatoms.